The smallest absolute Gasteiger partial charge is 0.326 e. The number of aromatic nitrogens is 2. The van der Waals surface area contributed by atoms with Crippen LogP contribution in [0, 0.1) is 0 Å². The predicted molar refractivity (Wildman–Crippen MR) is 277 cm³/mol. The van der Waals surface area contributed by atoms with Crippen LogP contribution in [0.1, 0.15) is 90.2 Å². The zero-order valence-electron chi connectivity index (χ0n) is 44.0. The lowest BCUT2D eigenvalue weighted by Crippen LogP contribution is -2.61. The van der Waals surface area contributed by atoms with E-state index in [1.54, 1.807) is 0 Å². The summed E-state index contributed by atoms with van der Waals surface area (Å²) in [5.41, 5.74) is 32.8. The number of nitrogens with one attached hydrogen (secondary N) is 8. The Bertz CT molecular complexity index is 2400. The van der Waals surface area contributed by atoms with E-state index in [0.717, 1.165) is 11.8 Å². The molecule has 1 aromatic heterocycles. The van der Waals surface area contributed by atoms with Crippen molar-refractivity contribution in [2.45, 2.75) is 157 Å². The molecule has 35 heteroatoms. The van der Waals surface area contributed by atoms with Crippen LogP contribution in [0.3, 0.4) is 0 Å². The van der Waals surface area contributed by atoms with Gasteiger partial charge in [-0.3, -0.25) is 62.7 Å². The number of hydrogen-bond donors (Lipinski definition) is 19. The third-order valence-corrected chi connectivity index (χ3v) is 12.0. The summed E-state index contributed by atoms with van der Waals surface area (Å²) < 4.78 is 0. The molecule has 35 nitrogen and oxygen atoms in total. The number of aliphatic hydroxyl groups excluding tert-OH is 2. The van der Waals surface area contributed by atoms with E-state index in [2.05, 4.69) is 51.9 Å². The number of guanidine groups is 2. The molecule has 1 fully saturated rings. The highest BCUT2D eigenvalue weighted by atomic mass is 16.4. The van der Waals surface area contributed by atoms with Gasteiger partial charge in [-0.25, -0.2) is 9.78 Å². The minimum atomic E-state index is -1.93. The number of aliphatic imine (C=N–C) groups is 2. The first-order chi connectivity index (χ1) is 37.5. The van der Waals surface area contributed by atoms with E-state index >= 15 is 0 Å². The first kappa shape index (κ1) is 67.4. The molecular weight excluding hydrogens is 1060 g/mol. The number of carbonyl (C=O) groups excluding carboxylic acids is 9. The van der Waals surface area contributed by atoms with Crippen molar-refractivity contribution in [3.8, 4) is 0 Å². The summed E-state index contributed by atoms with van der Waals surface area (Å²) in [6.45, 7) is 2.27. The molecule has 0 aliphatic carbocycles. The second-order valence-electron chi connectivity index (χ2n) is 18.6. The number of carboxylic acid groups (broad SMARTS) is 3. The molecule has 25 N–H and O–H groups in total. The van der Waals surface area contributed by atoms with Crippen LogP contribution in [0.2, 0.25) is 0 Å². The molecule has 9 amide bonds. The van der Waals surface area contributed by atoms with Gasteiger partial charge in [-0.1, -0.05) is 0 Å². The summed E-state index contributed by atoms with van der Waals surface area (Å²) in [5.74, 6) is -14.9. The SMILES string of the molecule is C[C@@H](O)[C@H](NC(=O)[C@H](CCCN=C(N)N)NC(=O)[C@H](CCC(=O)O)NC(=O)[C@H](CCC(=O)O)NC(=O)[C@H](Cc1cnc[nH]1)NC(=O)[C@@H]1CCCN1C(=O)[C@@H](NC(=O)[C@@H](N)CCCN=C(N)N)[C@@H](C)O)C(=O)N[C@@H](CC(N)=O)C(=O)O. The number of hydrogen-bond acceptors (Lipinski definition) is 18. The molecule has 1 aliphatic rings. The van der Waals surface area contributed by atoms with E-state index in [0.29, 0.717) is 6.42 Å². The van der Waals surface area contributed by atoms with E-state index in [1.165, 1.54) is 19.4 Å². The maximum atomic E-state index is 14.2. The Kier molecular flexibility index (Phi) is 28.2. The first-order valence-corrected chi connectivity index (χ1v) is 25.1. The molecule has 0 bridgehead atoms. The summed E-state index contributed by atoms with van der Waals surface area (Å²) in [5, 5.41) is 65.8. The van der Waals surface area contributed by atoms with Crippen molar-refractivity contribution >= 4 is 83.0 Å². The molecule has 0 saturated carbocycles. The number of primary amides is 1. The second kappa shape index (κ2) is 33.5. The number of amides is 9. The van der Waals surface area contributed by atoms with Gasteiger partial charge in [0.2, 0.25) is 53.2 Å². The van der Waals surface area contributed by atoms with Crippen LogP contribution >= 0.6 is 0 Å². The molecule has 0 spiro atoms. The number of imidazole rings is 1. The fourth-order valence-corrected chi connectivity index (χ4v) is 7.86. The van der Waals surface area contributed by atoms with Crippen molar-refractivity contribution in [2.24, 2.45) is 44.4 Å². The van der Waals surface area contributed by atoms with Crippen molar-refractivity contribution in [3.63, 3.8) is 0 Å². The Labute approximate surface area is 457 Å². The van der Waals surface area contributed by atoms with Crippen molar-refractivity contribution in [2.75, 3.05) is 19.6 Å². The fourth-order valence-electron chi connectivity index (χ4n) is 7.86. The van der Waals surface area contributed by atoms with E-state index in [-0.39, 0.29) is 75.8 Å². The highest BCUT2D eigenvalue weighted by Crippen LogP contribution is 2.20. The molecule has 2 heterocycles. The molecule has 1 aromatic rings. The molecule has 2 rings (SSSR count). The molecule has 0 aromatic carbocycles. The number of aliphatic carboxylic acids is 3. The first-order valence-electron chi connectivity index (χ1n) is 25.1. The molecular formula is C45H74N18O17. The summed E-state index contributed by atoms with van der Waals surface area (Å²) >= 11 is 0. The van der Waals surface area contributed by atoms with Gasteiger partial charge >= 0.3 is 17.9 Å². The summed E-state index contributed by atoms with van der Waals surface area (Å²) in [7, 11) is 0. The molecule has 1 saturated heterocycles. The second-order valence-corrected chi connectivity index (χ2v) is 18.6. The van der Waals surface area contributed by atoms with Crippen molar-refractivity contribution in [3.05, 3.63) is 18.2 Å². The summed E-state index contributed by atoms with van der Waals surface area (Å²) in [6.07, 6.45) is -4.53. The maximum Gasteiger partial charge on any atom is 0.326 e. The fraction of sp³-hybridized carbons (Fsp3) is 0.622. The third kappa shape index (κ3) is 23.9. The molecule has 11 atom stereocenters. The highest BCUT2D eigenvalue weighted by molar-refractivity contribution is 5.99. The van der Waals surface area contributed by atoms with Crippen LogP contribution in [0.5, 0.6) is 0 Å². The third-order valence-electron chi connectivity index (χ3n) is 12.0. The van der Waals surface area contributed by atoms with Gasteiger partial charge in [0, 0.05) is 50.8 Å². The monoisotopic (exact) mass is 1140 g/mol. The Morgan fingerprint density at radius 2 is 1.11 bits per heavy atom. The zero-order chi connectivity index (χ0) is 60.4. The Hall–Kier alpha value is -8.73. The highest BCUT2D eigenvalue weighted by Gasteiger charge is 2.42. The normalized spacial score (nSPS) is 16.6. The number of carboxylic acids is 3. The van der Waals surface area contributed by atoms with Gasteiger partial charge in [0.1, 0.15) is 48.3 Å². The quantitative estimate of drug-likeness (QED) is 0.0169. The number of nitrogens with two attached hydrogens (primary N) is 6. The Balaban J connectivity index is 2.46. The molecule has 1 aliphatic heterocycles. The number of carbonyl (C=O) groups is 12. The minimum absolute atomic E-state index is 0.0242. The van der Waals surface area contributed by atoms with Gasteiger partial charge in [-0.2, -0.15) is 0 Å². The number of H-pyrrole nitrogens is 1. The molecule has 0 unspecified atom stereocenters. The molecule has 80 heavy (non-hydrogen) atoms. The van der Waals surface area contributed by atoms with Crippen LogP contribution in [0.25, 0.3) is 0 Å². The number of nitrogens with zero attached hydrogens (tertiary/aromatic N) is 4. The van der Waals surface area contributed by atoms with Gasteiger partial charge in [0.05, 0.1) is 31.0 Å². The van der Waals surface area contributed by atoms with E-state index < -0.39 is 170 Å². The largest absolute Gasteiger partial charge is 0.481 e. The van der Waals surface area contributed by atoms with E-state index in [4.69, 9.17) is 34.4 Å². The van der Waals surface area contributed by atoms with Crippen LogP contribution in [-0.2, 0) is 64.0 Å². The van der Waals surface area contributed by atoms with Crippen molar-refractivity contribution < 1.29 is 83.1 Å². The van der Waals surface area contributed by atoms with E-state index in [1.807, 2.05) is 5.32 Å². The molecule has 446 valence electrons. The standard InChI is InChI=1S/C45H74N18O17/c1-20(64)33(41(77)60-28(43(79)80)17-30(47)66)61-38(74)24(7-4-14-54-45(50)51)56-36(72)25(9-11-31(67)68)57-37(73)26(10-12-32(69)70)58-39(75)27(16-22-18-52-19-55-22)59-40(76)29-8-5-15-63(29)42(78)34(21(2)65)62-35(71)23(46)6-3-13-53-44(48)49/h18-21,23-29,33-34,64-65H,3-17,46H2,1-2H3,(H2,47,66)(H,52,55)(H,56,72)(H,57,73)(H,58,75)(H,59,76)(H,60,77)(H,61,74)(H,62,71)(H,67,68)(H,69,70)(H,79,80)(H4,48,49,53)(H4,50,51,54)/t20-,21-,23+,24+,25+,26+,27+,28+,29+,33+,34+/m1/s1. The summed E-state index contributed by atoms with van der Waals surface area (Å²) in [6, 6.07) is -14.8. The van der Waals surface area contributed by atoms with E-state index in [9.17, 15) is 83.1 Å². The predicted octanol–water partition coefficient (Wildman–Crippen LogP) is -8.78. The average molecular weight is 1140 g/mol. The van der Waals surface area contributed by atoms with Crippen molar-refractivity contribution in [1.29, 1.82) is 0 Å². The lowest BCUT2D eigenvalue weighted by Gasteiger charge is -2.31. The van der Waals surface area contributed by atoms with Gasteiger partial charge < -0.3 is 107 Å². The lowest BCUT2D eigenvalue weighted by molar-refractivity contribution is -0.144. The van der Waals surface area contributed by atoms with Crippen LogP contribution in [0.4, 0.5) is 0 Å². The Morgan fingerprint density at radius 3 is 1.57 bits per heavy atom. The van der Waals surface area contributed by atoms with Crippen molar-refractivity contribution in [1.82, 2.24) is 52.1 Å². The minimum Gasteiger partial charge on any atom is -0.481 e. The lowest BCUT2D eigenvalue weighted by atomic mass is 10.0. The van der Waals surface area contributed by atoms with Crippen LogP contribution in [-0.4, -0.2) is 210 Å². The number of aromatic amines is 1. The summed E-state index contributed by atoms with van der Waals surface area (Å²) in [4.78, 5) is 173. The number of likely N-dealkylation sites (tertiary alicyclic amines) is 1. The van der Waals surface area contributed by atoms with Crippen LogP contribution in [0.15, 0.2) is 22.5 Å². The molecule has 0 radical (unpaired) electrons. The van der Waals surface area contributed by atoms with Gasteiger partial charge in [0.25, 0.3) is 0 Å². The maximum absolute atomic E-state index is 14.2. The van der Waals surface area contributed by atoms with Gasteiger partial charge in [-0.05, 0) is 65.2 Å². The number of aliphatic hydroxyl groups is 2. The van der Waals surface area contributed by atoms with Gasteiger partial charge in [0.15, 0.2) is 11.9 Å². The van der Waals surface area contributed by atoms with Gasteiger partial charge in [-0.15, -0.1) is 0 Å². The average Bonchev–Trinajstić information content (AvgIpc) is 4.09. The zero-order valence-corrected chi connectivity index (χ0v) is 44.0. The van der Waals surface area contributed by atoms with Crippen LogP contribution < -0.4 is 71.6 Å². The number of rotatable bonds is 36. The Morgan fingerprint density at radius 1 is 0.637 bits per heavy atom. The topological polar surface area (TPSA) is 603 Å².